The van der Waals surface area contributed by atoms with Crippen molar-refractivity contribution in [1.29, 1.82) is 0 Å². The average molecular weight is 371 g/mol. The molecule has 0 bridgehead atoms. The second-order valence-corrected chi connectivity index (χ2v) is 5.90. The summed E-state index contributed by atoms with van der Waals surface area (Å²) in [4.78, 5) is 29.2. The summed E-state index contributed by atoms with van der Waals surface area (Å²) in [6.45, 7) is 3.26. The second kappa shape index (κ2) is 8.12. The van der Waals surface area contributed by atoms with Crippen LogP contribution in [0.4, 0.5) is 0 Å². The molecule has 0 aliphatic carbocycles. The van der Waals surface area contributed by atoms with Crippen molar-refractivity contribution in [2.24, 2.45) is 0 Å². The highest BCUT2D eigenvalue weighted by Gasteiger charge is 2.28. The van der Waals surface area contributed by atoms with Crippen LogP contribution in [-0.2, 0) is 14.3 Å². The molecule has 1 aliphatic heterocycles. The number of esters is 1. The van der Waals surface area contributed by atoms with Crippen molar-refractivity contribution in [2.75, 3.05) is 19.7 Å². The standard InChI is InChI=1S/C15H19BrN2O4/c1-2-21-15(20)6-5-14(19)18-8-7-12(10-18)22-13-4-3-11(16)9-17-13/h3-4,9,12H,2,5-8,10H2,1H3/t12-/m1/s1. The van der Waals surface area contributed by atoms with Crippen molar-refractivity contribution in [3.8, 4) is 5.88 Å². The number of rotatable bonds is 6. The van der Waals surface area contributed by atoms with E-state index in [1.54, 1.807) is 24.1 Å². The number of pyridine rings is 1. The van der Waals surface area contributed by atoms with Gasteiger partial charge in [-0.05, 0) is 28.9 Å². The fourth-order valence-corrected chi connectivity index (χ4v) is 2.49. The second-order valence-electron chi connectivity index (χ2n) is 4.99. The van der Waals surface area contributed by atoms with Crippen LogP contribution in [0.25, 0.3) is 0 Å². The summed E-state index contributed by atoms with van der Waals surface area (Å²) in [6.07, 6.45) is 2.70. The van der Waals surface area contributed by atoms with Gasteiger partial charge in [0, 0.05) is 36.1 Å². The van der Waals surface area contributed by atoms with Crippen molar-refractivity contribution in [2.45, 2.75) is 32.3 Å². The third-order valence-corrected chi connectivity index (χ3v) is 3.80. The number of likely N-dealkylation sites (tertiary alicyclic amines) is 1. The molecule has 1 saturated heterocycles. The fourth-order valence-electron chi connectivity index (χ4n) is 2.25. The molecule has 1 atom stereocenters. The van der Waals surface area contributed by atoms with E-state index >= 15 is 0 Å². The highest BCUT2D eigenvalue weighted by molar-refractivity contribution is 9.10. The van der Waals surface area contributed by atoms with E-state index < -0.39 is 0 Å². The summed E-state index contributed by atoms with van der Waals surface area (Å²) in [5.41, 5.74) is 0. The predicted molar refractivity (Wildman–Crippen MR) is 83.4 cm³/mol. The molecular formula is C15H19BrN2O4. The van der Waals surface area contributed by atoms with E-state index in [2.05, 4.69) is 20.9 Å². The minimum atomic E-state index is -0.332. The van der Waals surface area contributed by atoms with Crippen LogP contribution in [-0.4, -0.2) is 47.6 Å². The molecule has 6 nitrogen and oxygen atoms in total. The Kier molecular flexibility index (Phi) is 6.18. The normalized spacial score (nSPS) is 17.4. The maximum absolute atomic E-state index is 12.0. The van der Waals surface area contributed by atoms with Crippen LogP contribution in [0, 0.1) is 0 Å². The Morgan fingerprint density at radius 2 is 2.23 bits per heavy atom. The molecule has 0 spiro atoms. The van der Waals surface area contributed by atoms with E-state index in [9.17, 15) is 9.59 Å². The number of aromatic nitrogens is 1. The van der Waals surface area contributed by atoms with E-state index in [4.69, 9.17) is 9.47 Å². The topological polar surface area (TPSA) is 68.7 Å². The SMILES string of the molecule is CCOC(=O)CCC(=O)N1CC[C@@H](Oc2ccc(Br)cn2)C1. The lowest BCUT2D eigenvalue weighted by Crippen LogP contribution is -2.31. The number of carbonyl (C=O) groups excluding carboxylic acids is 2. The molecule has 0 N–H and O–H groups in total. The molecule has 1 aromatic rings. The van der Waals surface area contributed by atoms with Crippen LogP contribution >= 0.6 is 15.9 Å². The van der Waals surface area contributed by atoms with Crippen molar-refractivity contribution >= 4 is 27.8 Å². The van der Waals surface area contributed by atoms with Gasteiger partial charge in [-0.25, -0.2) is 4.98 Å². The number of ether oxygens (including phenoxy) is 2. The van der Waals surface area contributed by atoms with Crippen LogP contribution in [0.2, 0.25) is 0 Å². The minimum absolute atomic E-state index is 0.0390. The smallest absolute Gasteiger partial charge is 0.306 e. The molecule has 1 fully saturated rings. The van der Waals surface area contributed by atoms with Gasteiger partial charge in [-0.15, -0.1) is 0 Å². The van der Waals surface area contributed by atoms with Gasteiger partial charge in [-0.1, -0.05) is 0 Å². The average Bonchev–Trinajstić information content (AvgIpc) is 2.96. The molecule has 1 aromatic heterocycles. The number of hydrogen-bond donors (Lipinski definition) is 0. The molecule has 1 aliphatic rings. The van der Waals surface area contributed by atoms with Crippen LogP contribution in [0.1, 0.15) is 26.2 Å². The first-order chi connectivity index (χ1) is 10.6. The summed E-state index contributed by atoms with van der Waals surface area (Å²) < 4.78 is 11.5. The van der Waals surface area contributed by atoms with E-state index in [1.807, 2.05) is 6.07 Å². The lowest BCUT2D eigenvalue weighted by molar-refractivity contribution is -0.145. The van der Waals surface area contributed by atoms with Crippen LogP contribution in [0.15, 0.2) is 22.8 Å². The first-order valence-electron chi connectivity index (χ1n) is 7.30. The largest absolute Gasteiger partial charge is 0.472 e. The van der Waals surface area contributed by atoms with E-state index in [1.165, 1.54) is 0 Å². The molecule has 2 heterocycles. The summed E-state index contributed by atoms with van der Waals surface area (Å²) >= 11 is 3.32. The molecule has 2 rings (SSSR count). The van der Waals surface area contributed by atoms with E-state index in [-0.39, 0.29) is 30.8 Å². The van der Waals surface area contributed by atoms with E-state index in [0.29, 0.717) is 25.6 Å². The van der Waals surface area contributed by atoms with Crippen LogP contribution < -0.4 is 4.74 Å². The number of halogens is 1. The van der Waals surface area contributed by atoms with Gasteiger partial charge in [0.05, 0.1) is 19.6 Å². The molecule has 0 saturated carbocycles. The summed E-state index contributed by atoms with van der Waals surface area (Å²) in [7, 11) is 0. The van der Waals surface area contributed by atoms with E-state index in [0.717, 1.165) is 10.9 Å². The molecule has 7 heteroatoms. The van der Waals surface area contributed by atoms with Gasteiger partial charge in [-0.2, -0.15) is 0 Å². The molecule has 0 aromatic carbocycles. The van der Waals surface area contributed by atoms with Gasteiger partial charge in [0.25, 0.3) is 0 Å². The summed E-state index contributed by atoms with van der Waals surface area (Å²) in [5.74, 6) is 0.179. The van der Waals surface area contributed by atoms with Gasteiger partial charge in [0.1, 0.15) is 6.10 Å². The lowest BCUT2D eigenvalue weighted by Gasteiger charge is -2.16. The molecule has 22 heavy (non-hydrogen) atoms. The summed E-state index contributed by atoms with van der Waals surface area (Å²) in [6, 6.07) is 3.65. The zero-order valence-corrected chi connectivity index (χ0v) is 14.0. The van der Waals surface area contributed by atoms with Crippen molar-refractivity contribution in [1.82, 2.24) is 9.88 Å². The molecular weight excluding hydrogens is 352 g/mol. The van der Waals surface area contributed by atoms with Crippen LogP contribution in [0.3, 0.4) is 0 Å². The maximum Gasteiger partial charge on any atom is 0.306 e. The fraction of sp³-hybridized carbons (Fsp3) is 0.533. The Labute approximate surface area is 137 Å². The number of amides is 1. The van der Waals surface area contributed by atoms with Crippen molar-refractivity contribution in [3.05, 3.63) is 22.8 Å². The van der Waals surface area contributed by atoms with Gasteiger partial charge >= 0.3 is 5.97 Å². The quantitative estimate of drug-likeness (QED) is 0.717. The minimum Gasteiger partial charge on any atom is -0.472 e. The van der Waals surface area contributed by atoms with Gasteiger partial charge in [0.2, 0.25) is 11.8 Å². The lowest BCUT2D eigenvalue weighted by atomic mass is 10.3. The zero-order chi connectivity index (χ0) is 15.9. The van der Waals surface area contributed by atoms with Gasteiger partial charge in [-0.3, -0.25) is 9.59 Å². The Balaban J connectivity index is 1.76. The molecule has 120 valence electrons. The third kappa shape index (κ3) is 4.98. The monoisotopic (exact) mass is 370 g/mol. The van der Waals surface area contributed by atoms with Crippen molar-refractivity contribution < 1.29 is 19.1 Å². The first-order valence-corrected chi connectivity index (χ1v) is 8.09. The Morgan fingerprint density at radius 3 is 2.91 bits per heavy atom. The summed E-state index contributed by atoms with van der Waals surface area (Å²) in [5, 5.41) is 0. The first kappa shape index (κ1) is 16.7. The van der Waals surface area contributed by atoms with Crippen LogP contribution in [0.5, 0.6) is 5.88 Å². The highest BCUT2D eigenvalue weighted by Crippen LogP contribution is 2.19. The number of hydrogen-bond acceptors (Lipinski definition) is 5. The highest BCUT2D eigenvalue weighted by atomic mass is 79.9. The Bertz CT molecular complexity index is 521. The Hall–Kier alpha value is -1.63. The molecule has 0 radical (unpaired) electrons. The third-order valence-electron chi connectivity index (χ3n) is 3.33. The number of nitrogens with zero attached hydrogens (tertiary/aromatic N) is 2. The zero-order valence-electron chi connectivity index (χ0n) is 12.5. The van der Waals surface area contributed by atoms with Gasteiger partial charge in [0.15, 0.2) is 0 Å². The number of carbonyl (C=O) groups is 2. The molecule has 1 amide bonds. The van der Waals surface area contributed by atoms with Crippen molar-refractivity contribution in [3.63, 3.8) is 0 Å². The molecule has 0 unspecified atom stereocenters. The Morgan fingerprint density at radius 1 is 1.41 bits per heavy atom. The maximum atomic E-state index is 12.0. The predicted octanol–water partition coefficient (Wildman–Crippen LogP) is 2.17. The van der Waals surface area contributed by atoms with Gasteiger partial charge < -0.3 is 14.4 Å².